The predicted octanol–water partition coefficient (Wildman–Crippen LogP) is 1.89. The Hall–Kier alpha value is -1.35. The fourth-order valence-corrected chi connectivity index (χ4v) is 3.49. The molecule has 2 heterocycles. The first-order valence-electron chi connectivity index (χ1n) is 6.61. The quantitative estimate of drug-likeness (QED) is 0.696. The third-order valence-electron chi connectivity index (χ3n) is 4.12. The van der Waals surface area contributed by atoms with Crippen LogP contribution in [-0.4, -0.2) is 35.8 Å². The predicted molar refractivity (Wildman–Crippen MR) is 71.3 cm³/mol. The summed E-state index contributed by atoms with van der Waals surface area (Å²) in [7, 11) is 2.16. The van der Waals surface area contributed by atoms with Crippen LogP contribution in [0.5, 0.6) is 0 Å². The molecule has 3 nitrogen and oxygen atoms in total. The van der Waals surface area contributed by atoms with Gasteiger partial charge in [-0.3, -0.25) is 4.79 Å². The van der Waals surface area contributed by atoms with E-state index < -0.39 is 0 Å². The van der Waals surface area contributed by atoms with Crippen LogP contribution in [0.15, 0.2) is 12.1 Å². The zero-order valence-corrected chi connectivity index (χ0v) is 11.4. The third kappa shape index (κ3) is 1.83. The third-order valence-corrected chi connectivity index (χ3v) is 4.12. The molecule has 0 N–H and O–H groups in total. The Balaban J connectivity index is 2.09. The van der Waals surface area contributed by atoms with Crippen molar-refractivity contribution >= 4 is 5.91 Å². The van der Waals surface area contributed by atoms with Crippen LogP contribution in [-0.2, 0) is 17.9 Å². The molecule has 1 amide bonds. The average Bonchev–Trinajstić information content (AvgIpc) is 2.26. The van der Waals surface area contributed by atoms with Crippen molar-refractivity contribution in [1.29, 1.82) is 0 Å². The summed E-state index contributed by atoms with van der Waals surface area (Å²) < 4.78 is 0. The van der Waals surface area contributed by atoms with Gasteiger partial charge < -0.3 is 9.80 Å². The maximum Gasteiger partial charge on any atom is 0.219 e. The molecule has 2 aliphatic rings. The summed E-state index contributed by atoms with van der Waals surface area (Å²) in [5.41, 5.74) is 5.66. The van der Waals surface area contributed by atoms with Crippen LogP contribution in [0.4, 0.5) is 0 Å². The van der Waals surface area contributed by atoms with Gasteiger partial charge in [0.05, 0.1) is 0 Å². The summed E-state index contributed by atoms with van der Waals surface area (Å²) in [6.45, 7) is 7.59. The Morgan fingerprint density at radius 2 is 1.89 bits per heavy atom. The van der Waals surface area contributed by atoms with Crippen LogP contribution in [0.1, 0.15) is 35.1 Å². The van der Waals surface area contributed by atoms with E-state index in [1.807, 2.05) is 4.90 Å². The van der Waals surface area contributed by atoms with Crippen LogP contribution in [0.3, 0.4) is 0 Å². The largest absolute Gasteiger partial charge is 0.338 e. The van der Waals surface area contributed by atoms with Crippen molar-refractivity contribution in [2.75, 3.05) is 20.1 Å². The number of carbonyl (C=O) groups is 1. The molecule has 96 valence electrons. The van der Waals surface area contributed by atoms with Crippen LogP contribution < -0.4 is 0 Å². The summed E-state index contributed by atoms with van der Waals surface area (Å²) in [5, 5.41) is 0. The van der Waals surface area contributed by atoms with Gasteiger partial charge in [-0.05, 0) is 30.7 Å². The number of aryl methyl sites for hydroxylation is 1. The molecule has 18 heavy (non-hydrogen) atoms. The van der Waals surface area contributed by atoms with E-state index in [2.05, 4.69) is 31.0 Å². The second-order valence-corrected chi connectivity index (χ2v) is 5.79. The second-order valence-electron chi connectivity index (χ2n) is 5.79. The maximum absolute atomic E-state index is 11.7. The highest BCUT2D eigenvalue weighted by atomic mass is 16.2. The fraction of sp³-hybridized carbons (Fsp3) is 0.533. The van der Waals surface area contributed by atoms with Gasteiger partial charge in [-0.2, -0.15) is 0 Å². The summed E-state index contributed by atoms with van der Waals surface area (Å²) >= 11 is 0. The summed E-state index contributed by atoms with van der Waals surface area (Å²) in [5.74, 6) is 0.684. The van der Waals surface area contributed by atoms with Crippen molar-refractivity contribution < 1.29 is 4.79 Å². The minimum atomic E-state index is 0.192. The molecule has 3 rings (SSSR count). The molecule has 0 bridgehead atoms. The summed E-state index contributed by atoms with van der Waals surface area (Å²) in [6.07, 6.45) is 0. The van der Waals surface area contributed by atoms with Crippen molar-refractivity contribution in [3.05, 3.63) is 34.4 Å². The van der Waals surface area contributed by atoms with Crippen molar-refractivity contribution in [2.24, 2.45) is 0 Å². The molecule has 1 aromatic carbocycles. The number of likely N-dealkylation sites (N-methyl/N-ethyl adjacent to an activating group) is 1. The number of benzene rings is 1. The van der Waals surface area contributed by atoms with Crippen LogP contribution in [0, 0.1) is 6.92 Å². The molecular weight excluding hydrogens is 224 g/mol. The average molecular weight is 244 g/mol. The van der Waals surface area contributed by atoms with E-state index in [1.54, 1.807) is 6.92 Å². The van der Waals surface area contributed by atoms with E-state index in [0.29, 0.717) is 5.92 Å². The molecule has 3 heteroatoms. The number of rotatable bonds is 0. The van der Waals surface area contributed by atoms with E-state index in [4.69, 9.17) is 0 Å². The molecule has 1 aromatic rings. The van der Waals surface area contributed by atoms with E-state index in [-0.39, 0.29) is 5.91 Å². The van der Waals surface area contributed by atoms with Crippen LogP contribution in [0.2, 0.25) is 0 Å². The summed E-state index contributed by atoms with van der Waals surface area (Å²) in [6, 6.07) is 4.57. The van der Waals surface area contributed by atoms with E-state index >= 15 is 0 Å². The van der Waals surface area contributed by atoms with Gasteiger partial charge in [0.25, 0.3) is 0 Å². The van der Waals surface area contributed by atoms with Crippen molar-refractivity contribution in [2.45, 2.75) is 32.9 Å². The minimum absolute atomic E-state index is 0.192. The molecule has 0 spiro atoms. The number of hydrogen-bond acceptors (Lipinski definition) is 2. The van der Waals surface area contributed by atoms with Gasteiger partial charge in [0.15, 0.2) is 0 Å². The maximum atomic E-state index is 11.7. The number of amides is 1. The van der Waals surface area contributed by atoms with Crippen molar-refractivity contribution in [1.82, 2.24) is 9.80 Å². The van der Waals surface area contributed by atoms with Gasteiger partial charge in [0, 0.05) is 39.0 Å². The Morgan fingerprint density at radius 1 is 1.22 bits per heavy atom. The first-order valence-corrected chi connectivity index (χ1v) is 6.61. The van der Waals surface area contributed by atoms with Gasteiger partial charge in [0.1, 0.15) is 0 Å². The Bertz CT molecular complexity index is 509. The van der Waals surface area contributed by atoms with E-state index in [9.17, 15) is 4.79 Å². The Kier molecular flexibility index (Phi) is 2.67. The van der Waals surface area contributed by atoms with Gasteiger partial charge in [-0.1, -0.05) is 17.7 Å². The lowest BCUT2D eigenvalue weighted by Crippen LogP contribution is -2.43. The van der Waals surface area contributed by atoms with Crippen molar-refractivity contribution in [3.8, 4) is 0 Å². The molecule has 0 saturated carbocycles. The van der Waals surface area contributed by atoms with Gasteiger partial charge in [-0.15, -0.1) is 0 Å². The molecule has 1 atom stereocenters. The first kappa shape index (κ1) is 11.7. The smallest absolute Gasteiger partial charge is 0.219 e. The Morgan fingerprint density at radius 3 is 2.56 bits per heavy atom. The summed E-state index contributed by atoms with van der Waals surface area (Å²) in [4.78, 5) is 16.0. The molecule has 1 unspecified atom stereocenters. The monoisotopic (exact) mass is 244 g/mol. The number of nitrogens with zero attached hydrogens (tertiary/aromatic N) is 2. The molecule has 0 fully saturated rings. The second kappa shape index (κ2) is 4.09. The lowest BCUT2D eigenvalue weighted by atomic mass is 9.82. The SMILES string of the molecule is CC(=O)N1Cc2cc(C)cc3c2C(CN(C)C3)C1. The topological polar surface area (TPSA) is 23.6 Å². The standard InChI is InChI=1S/C15H20N2O/c1-10-4-12-6-16(3)7-14-9-17(11(2)18)8-13(5-10)15(12)14/h4-5,14H,6-9H2,1-3H3. The van der Waals surface area contributed by atoms with Crippen molar-refractivity contribution in [3.63, 3.8) is 0 Å². The van der Waals surface area contributed by atoms with E-state index in [1.165, 1.54) is 22.3 Å². The van der Waals surface area contributed by atoms with Gasteiger partial charge in [0.2, 0.25) is 5.91 Å². The fourth-order valence-electron chi connectivity index (χ4n) is 3.49. The van der Waals surface area contributed by atoms with Crippen LogP contribution in [0.25, 0.3) is 0 Å². The zero-order valence-electron chi connectivity index (χ0n) is 11.4. The molecular formula is C15H20N2O. The van der Waals surface area contributed by atoms with Gasteiger partial charge in [-0.25, -0.2) is 0 Å². The normalized spacial score (nSPS) is 22.8. The minimum Gasteiger partial charge on any atom is -0.338 e. The van der Waals surface area contributed by atoms with Crippen LogP contribution >= 0.6 is 0 Å². The number of hydrogen-bond donors (Lipinski definition) is 0. The number of carbonyl (C=O) groups excluding carboxylic acids is 1. The molecule has 0 saturated heterocycles. The molecule has 0 aliphatic carbocycles. The highest BCUT2D eigenvalue weighted by Gasteiger charge is 2.32. The Labute approximate surface area is 108 Å². The van der Waals surface area contributed by atoms with E-state index in [0.717, 1.165) is 26.2 Å². The van der Waals surface area contributed by atoms with Gasteiger partial charge >= 0.3 is 0 Å². The molecule has 0 aromatic heterocycles. The lowest BCUT2D eigenvalue weighted by molar-refractivity contribution is -0.130. The highest BCUT2D eigenvalue weighted by Crippen LogP contribution is 2.36. The lowest BCUT2D eigenvalue weighted by Gasteiger charge is -2.41. The highest BCUT2D eigenvalue weighted by molar-refractivity contribution is 5.74. The molecule has 2 aliphatic heterocycles. The zero-order chi connectivity index (χ0) is 12.9. The first-order chi connectivity index (χ1) is 8.54. The molecule has 0 radical (unpaired) electrons.